The average Bonchev–Trinajstić information content (AvgIpc) is 2.58. The van der Waals surface area contributed by atoms with Crippen molar-refractivity contribution in [2.45, 2.75) is 0 Å². The summed E-state index contributed by atoms with van der Waals surface area (Å²) >= 11 is 3.55. The second kappa shape index (κ2) is 3.11. The molecule has 1 heterocycles. The standard InChI is InChI=1S/C9H7S2/c1-2-4-8(5-3-1)9-6-10-7-11-9/h1-7H/q+1. The van der Waals surface area contributed by atoms with Crippen LogP contribution in [0.2, 0.25) is 0 Å². The van der Waals surface area contributed by atoms with Gasteiger partial charge in [0.15, 0.2) is 4.88 Å². The summed E-state index contributed by atoms with van der Waals surface area (Å²) in [6.07, 6.45) is 0. The molecule has 0 bridgehead atoms. The molecular formula is C9H7S2+. The minimum Gasteiger partial charge on any atom is -0.0622 e. The largest absolute Gasteiger partial charge is 0.243 e. The number of hydrogen-bond acceptors (Lipinski definition) is 1. The van der Waals surface area contributed by atoms with Crippen LogP contribution in [0.1, 0.15) is 0 Å². The molecule has 0 amide bonds. The predicted octanol–water partition coefficient (Wildman–Crippen LogP) is 3.76. The fraction of sp³-hybridized carbons (Fsp3) is 0. The van der Waals surface area contributed by atoms with E-state index in [-0.39, 0.29) is 0 Å². The van der Waals surface area contributed by atoms with Crippen molar-refractivity contribution in [1.29, 1.82) is 0 Å². The van der Waals surface area contributed by atoms with Gasteiger partial charge in [0, 0.05) is 5.56 Å². The third kappa shape index (κ3) is 1.47. The zero-order chi connectivity index (χ0) is 7.52. The van der Waals surface area contributed by atoms with Crippen molar-refractivity contribution in [1.82, 2.24) is 0 Å². The minimum atomic E-state index is 1.32. The zero-order valence-electron chi connectivity index (χ0n) is 5.86. The number of benzene rings is 1. The van der Waals surface area contributed by atoms with E-state index >= 15 is 0 Å². The Morgan fingerprint density at radius 1 is 1.09 bits per heavy atom. The van der Waals surface area contributed by atoms with Crippen LogP contribution in [0.25, 0.3) is 10.4 Å². The van der Waals surface area contributed by atoms with E-state index in [2.05, 4.69) is 34.3 Å². The Morgan fingerprint density at radius 3 is 2.55 bits per heavy atom. The first-order valence-electron chi connectivity index (χ1n) is 3.36. The lowest BCUT2D eigenvalue weighted by molar-refractivity contribution is 1.71. The van der Waals surface area contributed by atoms with Gasteiger partial charge in [-0.05, 0) is 0 Å². The maximum atomic E-state index is 2.18. The summed E-state index contributed by atoms with van der Waals surface area (Å²) in [6, 6.07) is 10.5. The maximum Gasteiger partial charge on any atom is 0.243 e. The van der Waals surface area contributed by atoms with E-state index in [0.717, 1.165) is 0 Å². The average molecular weight is 179 g/mol. The quantitative estimate of drug-likeness (QED) is 0.585. The van der Waals surface area contributed by atoms with Crippen LogP contribution < -0.4 is 0 Å². The monoisotopic (exact) mass is 179 g/mol. The first-order valence-corrected chi connectivity index (χ1v) is 5.18. The second-order valence-electron chi connectivity index (χ2n) is 2.20. The van der Waals surface area contributed by atoms with Crippen LogP contribution in [-0.2, 0) is 0 Å². The van der Waals surface area contributed by atoms with Crippen LogP contribution in [0.3, 0.4) is 0 Å². The molecule has 1 aromatic carbocycles. The fourth-order valence-electron chi connectivity index (χ4n) is 0.935. The number of hydrogen-bond donors (Lipinski definition) is 0. The molecule has 54 valence electrons. The summed E-state index contributed by atoms with van der Waals surface area (Å²) in [5, 5.41) is 2.18. The highest BCUT2D eigenvalue weighted by molar-refractivity contribution is 7.29. The van der Waals surface area contributed by atoms with Gasteiger partial charge in [0.05, 0.1) is 22.7 Å². The van der Waals surface area contributed by atoms with Gasteiger partial charge in [-0.3, -0.25) is 0 Å². The Morgan fingerprint density at radius 2 is 1.91 bits per heavy atom. The van der Waals surface area contributed by atoms with Crippen LogP contribution in [0.4, 0.5) is 0 Å². The topological polar surface area (TPSA) is 0 Å². The van der Waals surface area contributed by atoms with E-state index in [4.69, 9.17) is 0 Å². The first kappa shape index (κ1) is 6.95. The smallest absolute Gasteiger partial charge is 0.0622 e. The SMILES string of the molecule is c1ccc(-c2c[s+]cs2)cc1. The number of rotatable bonds is 1. The summed E-state index contributed by atoms with van der Waals surface area (Å²) in [4.78, 5) is 1.36. The molecular weight excluding hydrogens is 172 g/mol. The maximum absolute atomic E-state index is 2.18. The molecule has 11 heavy (non-hydrogen) atoms. The first-order chi connectivity index (χ1) is 5.47. The highest BCUT2D eigenvalue weighted by Gasteiger charge is 2.04. The van der Waals surface area contributed by atoms with Crippen LogP contribution in [-0.4, -0.2) is 0 Å². The molecule has 0 saturated heterocycles. The molecule has 0 saturated carbocycles. The van der Waals surface area contributed by atoms with Gasteiger partial charge in [-0.2, -0.15) is 0 Å². The van der Waals surface area contributed by atoms with Crippen molar-refractivity contribution in [2.24, 2.45) is 0 Å². The van der Waals surface area contributed by atoms with E-state index in [1.165, 1.54) is 10.4 Å². The van der Waals surface area contributed by atoms with Crippen molar-refractivity contribution < 1.29 is 0 Å². The van der Waals surface area contributed by atoms with Gasteiger partial charge in [0.2, 0.25) is 4.69 Å². The molecule has 0 radical (unpaired) electrons. The molecule has 0 aliphatic carbocycles. The third-order valence-corrected chi connectivity index (χ3v) is 3.42. The highest BCUT2D eigenvalue weighted by atomic mass is 32.2. The molecule has 0 unspecified atom stereocenters. The van der Waals surface area contributed by atoms with Crippen LogP contribution in [0.5, 0.6) is 0 Å². The van der Waals surface area contributed by atoms with E-state index in [1.807, 2.05) is 6.07 Å². The van der Waals surface area contributed by atoms with Crippen molar-refractivity contribution >= 4 is 22.7 Å². The van der Waals surface area contributed by atoms with Crippen molar-refractivity contribution in [3.05, 3.63) is 40.4 Å². The summed E-state index contributed by atoms with van der Waals surface area (Å²) < 4.78 is 2.14. The Bertz CT molecular complexity index is 311. The fourth-order valence-corrected chi connectivity index (χ4v) is 2.72. The Kier molecular flexibility index (Phi) is 1.97. The molecule has 2 aromatic rings. The zero-order valence-corrected chi connectivity index (χ0v) is 7.49. The summed E-state index contributed by atoms with van der Waals surface area (Å²) in [7, 11) is 0. The van der Waals surface area contributed by atoms with Gasteiger partial charge >= 0.3 is 0 Å². The highest BCUT2D eigenvalue weighted by Crippen LogP contribution is 2.26. The molecule has 0 atom stereocenters. The lowest BCUT2D eigenvalue weighted by Gasteiger charge is -1.87. The van der Waals surface area contributed by atoms with Crippen LogP contribution >= 0.6 is 22.7 Å². The van der Waals surface area contributed by atoms with Crippen LogP contribution in [0.15, 0.2) is 40.4 Å². The molecule has 1 aromatic heterocycles. The van der Waals surface area contributed by atoms with Gasteiger partial charge in [-0.15, -0.1) is 0 Å². The molecule has 0 aliphatic rings. The summed E-state index contributed by atoms with van der Waals surface area (Å²) in [6.45, 7) is 0. The van der Waals surface area contributed by atoms with Crippen molar-refractivity contribution in [3.8, 4) is 10.4 Å². The summed E-state index contributed by atoms with van der Waals surface area (Å²) in [5.41, 5.74) is 1.32. The predicted molar refractivity (Wildman–Crippen MR) is 52.0 cm³/mol. The molecule has 2 heteroatoms. The molecule has 2 rings (SSSR count). The molecule has 0 fully saturated rings. The van der Waals surface area contributed by atoms with Gasteiger partial charge in [0.25, 0.3) is 0 Å². The van der Waals surface area contributed by atoms with E-state index < -0.39 is 0 Å². The molecule has 0 N–H and O–H groups in total. The van der Waals surface area contributed by atoms with Crippen molar-refractivity contribution in [2.75, 3.05) is 0 Å². The van der Waals surface area contributed by atoms with E-state index in [1.54, 1.807) is 22.7 Å². The van der Waals surface area contributed by atoms with Crippen LogP contribution in [0, 0.1) is 0 Å². The Hall–Kier alpha value is -0.730. The van der Waals surface area contributed by atoms with Gasteiger partial charge in [0.1, 0.15) is 5.38 Å². The van der Waals surface area contributed by atoms with Gasteiger partial charge in [-0.25, -0.2) is 0 Å². The molecule has 0 spiro atoms. The molecule has 0 nitrogen and oxygen atoms in total. The van der Waals surface area contributed by atoms with Gasteiger partial charge in [-0.1, -0.05) is 30.3 Å². The Balaban J connectivity index is 2.46. The summed E-state index contributed by atoms with van der Waals surface area (Å²) in [5.74, 6) is 0. The molecule has 0 aliphatic heterocycles. The lowest BCUT2D eigenvalue weighted by atomic mass is 10.2. The van der Waals surface area contributed by atoms with E-state index in [9.17, 15) is 0 Å². The minimum absolute atomic E-state index is 1.32. The van der Waals surface area contributed by atoms with E-state index in [0.29, 0.717) is 0 Å². The van der Waals surface area contributed by atoms with Crippen molar-refractivity contribution in [3.63, 3.8) is 0 Å². The third-order valence-electron chi connectivity index (χ3n) is 1.46. The Labute approximate surface area is 73.8 Å². The normalized spacial score (nSPS) is 9.82. The lowest BCUT2D eigenvalue weighted by Crippen LogP contribution is -1.66. The van der Waals surface area contributed by atoms with Gasteiger partial charge < -0.3 is 0 Å². The second-order valence-corrected chi connectivity index (χ2v) is 4.15.